The van der Waals surface area contributed by atoms with Gasteiger partial charge in [0.05, 0.1) is 6.54 Å². The van der Waals surface area contributed by atoms with Gasteiger partial charge in [0.25, 0.3) is 0 Å². The maximum absolute atomic E-state index is 11.0. The number of ketones is 1. The molecule has 0 amide bonds. The molecule has 0 aliphatic heterocycles. The SMILES string of the molecule is NCCCC[C@H]([N-]N)C(=O)CN.O. The van der Waals surface area contributed by atoms with Crippen LogP contribution in [0.5, 0.6) is 0 Å². The molecule has 0 unspecified atom stereocenters. The fraction of sp³-hybridized carbons (Fsp3) is 0.857. The van der Waals surface area contributed by atoms with E-state index < -0.39 is 6.04 Å². The van der Waals surface area contributed by atoms with Gasteiger partial charge < -0.3 is 28.2 Å². The minimum atomic E-state index is -0.429. The van der Waals surface area contributed by atoms with Gasteiger partial charge in [-0.3, -0.25) is 4.79 Å². The molecule has 6 heteroatoms. The summed E-state index contributed by atoms with van der Waals surface area (Å²) < 4.78 is 0. The van der Waals surface area contributed by atoms with Crippen molar-refractivity contribution < 1.29 is 10.3 Å². The van der Waals surface area contributed by atoms with Crippen LogP contribution in [-0.2, 0) is 4.79 Å². The average molecular weight is 191 g/mol. The molecule has 0 spiro atoms. The zero-order valence-corrected chi connectivity index (χ0v) is 7.70. The van der Waals surface area contributed by atoms with Crippen LogP contribution >= 0.6 is 0 Å². The van der Waals surface area contributed by atoms with Crippen molar-refractivity contribution in [2.24, 2.45) is 17.3 Å². The predicted molar refractivity (Wildman–Crippen MR) is 51.9 cm³/mol. The van der Waals surface area contributed by atoms with Crippen molar-refractivity contribution in [2.45, 2.75) is 25.3 Å². The van der Waals surface area contributed by atoms with Crippen LogP contribution in [0.4, 0.5) is 0 Å². The van der Waals surface area contributed by atoms with Crippen LogP contribution in [0.15, 0.2) is 0 Å². The Hall–Kier alpha value is -0.530. The maximum Gasteiger partial charge on any atom is 0.129 e. The highest BCUT2D eigenvalue weighted by Gasteiger charge is 2.05. The van der Waals surface area contributed by atoms with Gasteiger partial charge in [0.15, 0.2) is 0 Å². The molecular weight excluding hydrogens is 172 g/mol. The highest BCUT2D eigenvalue weighted by Crippen LogP contribution is 2.06. The summed E-state index contributed by atoms with van der Waals surface area (Å²) in [6.45, 7) is 0.641. The van der Waals surface area contributed by atoms with E-state index in [0.717, 1.165) is 12.8 Å². The fourth-order valence-corrected chi connectivity index (χ4v) is 0.937. The lowest BCUT2D eigenvalue weighted by Gasteiger charge is -2.25. The molecule has 6 nitrogen and oxygen atoms in total. The molecule has 0 aliphatic rings. The molecule has 0 aromatic rings. The van der Waals surface area contributed by atoms with Crippen LogP contribution < -0.4 is 17.3 Å². The zero-order chi connectivity index (χ0) is 9.40. The number of Topliss-reactive ketones (excluding diaryl/α,β-unsaturated/α-hetero) is 1. The third kappa shape index (κ3) is 6.62. The molecular formula is C7H19N4O2-. The van der Waals surface area contributed by atoms with Gasteiger partial charge in [0.1, 0.15) is 5.78 Å². The Morgan fingerprint density at radius 3 is 2.31 bits per heavy atom. The second kappa shape index (κ2) is 9.56. The van der Waals surface area contributed by atoms with E-state index in [1.165, 1.54) is 0 Å². The van der Waals surface area contributed by atoms with Crippen molar-refractivity contribution in [1.82, 2.24) is 0 Å². The van der Waals surface area contributed by atoms with E-state index in [-0.39, 0.29) is 17.8 Å². The smallest absolute Gasteiger partial charge is 0.129 e. The monoisotopic (exact) mass is 191 g/mol. The van der Waals surface area contributed by atoms with Crippen molar-refractivity contribution in [2.75, 3.05) is 13.1 Å². The molecule has 0 bridgehead atoms. The van der Waals surface area contributed by atoms with Crippen LogP contribution in [0.1, 0.15) is 19.3 Å². The average Bonchev–Trinajstić information content (AvgIpc) is 2.11. The molecule has 0 radical (unpaired) electrons. The lowest BCUT2D eigenvalue weighted by molar-refractivity contribution is -0.118. The molecule has 0 heterocycles. The number of hydrogen-bond donors (Lipinski definition) is 3. The molecule has 8 N–H and O–H groups in total. The summed E-state index contributed by atoms with van der Waals surface area (Å²) in [5.41, 5.74) is 13.9. The quantitative estimate of drug-likeness (QED) is 0.254. The topological polar surface area (TPSA) is 141 Å². The van der Waals surface area contributed by atoms with Gasteiger partial charge in [0.2, 0.25) is 0 Å². The van der Waals surface area contributed by atoms with Crippen molar-refractivity contribution in [1.29, 1.82) is 0 Å². The lowest BCUT2D eigenvalue weighted by Crippen LogP contribution is -2.29. The first-order valence-electron chi connectivity index (χ1n) is 4.09. The summed E-state index contributed by atoms with van der Waals surface area (Å²) in [5, 5.41) is 0. The second-order valence-corrected chi connectivity index (χ2v) is 2.62. The Morgan fingerprint density at radius 1 is 1.31 bits per heavy atom. The van der Waals surface area contributed by atoms with E-state index in [2.05, 4.69) is 5.43 Å². The Balaban J connectivity index is 0. The van der Waals surface area contributed by atoms with Gasteiger partial charge >= 0.3 is 0 Å². The number of hydrogen-bond acceptors (Lipinski definition) is 4. The molecule has 0 aliphatic carbocycles. The summed E-state index contributed by atoms with van der Waals surface area (Å²) in [5.74, 6) is 4.95. The lowest BCUT2D eigenvalue weighted by atomic mass is 10.1. The second-order valence-electron chi connectivity index (χ2n) is 2.62. The summed E-state index contributed by atoms with van der Waals surface area (Å²) in [6.07, 6.45) is 2.42. The van der Waals surface area contributed by atoms with E-state index in [1.54, 1.807) is 0 Å². The standard InChI is InChI=1S/C7H17N4O.H2O/c8-4-2-1-3-6(11-10)7(12)5-9;/h6H,1-5,8-10H2;1H2/q-1;/t6-;/m0./s1. The van der Waals surface area contributed by atoms with Gasteiger partial charge in [-0.05, 0) is 13.0 Å². The third-order valence-corrected chi connectivity index (χ3v) is 1.68. The first kappa shape index (κ1) is 15.0. The largest absolute Gasteiger partial charge is 0.591 e. The van der Waals surface area contributed by atoms with Crippen LogP contribution in [0.3, 0.4) is 0 Å². The summed E-state index contributed by atoms with van der Waals surface area (Å²) in [7, 11) is 0. The Kier molecular flexibility index (Phi) is 11.0. The summed E-state index contributed by atoms with van der Waals surface area (Å²) in [6, 6.07) is -0.429. The molecule has 13 heavy (non-hydrogen) atoms. The molecule has 80 valence electrons. The first-order valence-corrected chi connectivity index (χ1v) is 4.09. The summed E-state index contributed by atoms with van der Waals surface area (Å²) >= 11 is 0. The highest BCUT2D eigenvalue weighted by atomic mass is 16.1. The molecule has 0 aromatic heterocycles. The van der Waals surface area contributed by atoms with Crippen LogP contribution in [0.2, 0.25) is 0 Å². The molecule has 1 atom stereocenters. The number of unbranched alkanes of at least 4 members (excludes halogenated alkanes) is 1. The van der Waals surface area contributed by atoms with E-state index >= 15 is 0 Å². The van der Waals surface area contributed by atoms with E-state index in [9.17, 15) is 4.79 Å². The van der Waals surface area contributed by atoms with E-state index in [0.29, 0.717) is 13.0 Å². The third-order valence-electron chi connectivity index (χ3n) is 1.68. The number of carbonyl (C=O) groups excluding carboxylic acids is 1. The maximum atomic E-state index is 11.0. The fourth-order valence-electron chi connectivity index (χ4n) is 0.937. The highest BCUT2D eigenvalue weighted by molar-refractivity contribution is 5.87. The Bertz CT molecular complexity index is 132. The normalized spacial score (nSPS) is 11.9. The summed E-state index contributed by atoms with van der Waals surface area (Å²) in [4.78, 5) is 11.0. The van der Waals surface area contributed by atoms with Gasteiger partial charge in [-0.2, -0.15) is 0 Å². The van der Waals surface area contributed by atoms with E-state index in [1.807, 2.05) is 0 Å². The number of nitrogens with zero attached hydrogens (tertiary/aromatic N) is 1. The van der Waals surface area contributed by atoms with Gasteiger partial charge in [-0.1, -0.05) is 18.9 Å². The first-order chi connectivity index (χ1) is 5.76. The van der Waals surface area contributed by atoms with Crippen molar-refractivity contribution in [3.63, 3.8) is 0 Å². The van der Waals surface area contributed by atoms with Crippen molar-refractivity contribution >= 4 is 5.78 Å². The number of nitrogens with two attached hydrogens (primary N) is 3. The predicted octanol–water partition coefficient (Wildman–Crippen LogP) is -1.57. The van der Waals surface area contributed by atoms with Gasteiger partial charge in [-0.25, -0.2) is 0 Å². The van der Waals surface area contributed by atoms with Crippen molar-refractivity contribution in [3.05, 3.63) is 5.43 Å². The minimum Gasteiger partial charge on any atom is -0.591 e. The van der Waals surface area contributed by atoms with Crippen LogP contribution in [0.25, 0.3) is 5.43 Å². The molecule has 0 saturated carbocycles. The number of carbonyl (C=O) groups is 1. The van der Waals surface area contributed by atoms with Gasteiger partial charge in [0, 0.05) is 0 Å². The molecule has 0 fully saturated rings. The zero-order valence-electron chi connectivity index (χ0n) is 7.70. The Morgan fingerprint density at radius 2 is 1.92 bits per heavy atom. The minimum absolute atomic E-state index is 0. The van der Waals surface area contributed by atoms with Crippen LogP contribution in [0, 0.1) is 0 Å². The van der Waals surface area contributed by atoms with E-state index in [4.69, 9.17) is 17.3 Å². The Labute approximate surface area is 78.1 Å². The van der Waals surface area contributed by atoms with Crippen molar-refractivity contribution in [3.8, 4) is 0 Å². The number of rotatable bonds is 7. The molecule has 0 rings (SSSR count). The molecule has 0 saturated heterocycles. The molecule has 0 aromatic carbocycles. The van der Waals surface area contributed by atoms with Crippen LogP contribution in [-0.4, -0.2) is 30.4 Å². The van der Waals surface area contributed by atoms with Gasteiger partial charge in [-0.15, -0.1) is 0 Å².